The van der Waals surface area contributed by atoms with Crippen LogP contribution in [0.25, 0.3) is 10.8 Å². The number of nitrogens with zero attached hydrogens (tertiary/aromatic N) is 1. The topological polar surface area (TPSA) is 883 Å². The first kappa shape index (κ1) is 118. The zero-order chi connectivity index (χ0) is 105. The van der Waals surface area contributed by atoms with Crippen LogP contribution in [-0.4, -0.2) is 294 Å². The van der Waals surface area contributed by atoms with E-state index >= 15 is 28.8 Å². The number of rotatable bonds is 66. The van der Waals surface area contributed by atoms with Crippen LogP contribution >= 0.6 is 25.3 Å². The Kier molecular flexibility index (Phi) is 52.6. The standard InChI is InChI=1S/C89H140N32O19S2/c90-34-4-3-15-59(111-73(128)61(19-9-39-107-88(101)139)113-77(132)64(43-49-23-28-55(122)29-24-49)117-81(136)68(48-142)120-79(134)66(45-51-22-27-52-12-1-2-13-53(52)42-51)116-72(127)58(17-7-37-105-86(97)98)109-46-54(91)14-5-35-103-84(93)94)75(130)115-63(32-33-70(124)125)83(138)121-41-11-21-69(121)82(137)118-65(44-50-25-30-56(123)31-26-50)78(133)114-60(18-8-38-106-87(99)100)74(129)112-62(20-10-40-108-89(102)140)76(131)119-67(47-141)80(135)110-57(71(92)126)16-6-36-104-85(95)96/h1-2,12-13,22-31,42,54,57-69,109,122-123,141-142H,3-11,14-21,32-41,43-48,90-91H2,(H2,92,126)(H,110,135)(H,111,128)(H,112,129)(H,113,132)(H,114,133)(H,115,130)(H,116,127)(H,117,136)(H,118,137)(H,119,131)(H,120,134)(H,124,125)(H4,93,94,103)(H4,95,96,104)(H4,97,98,105)(H4,99,100,106)(H3,101,107,139)(H3,102,108,140)/t54-,57-,58-,59-,60-,61-,62-,63+,64-,65-,66-,67-,68-,69-/m0/s1. The Hall–Kier alpha value is -14.5. The zero-order valence-corrected chi connectivity index (χ0v) is 80.8. The van der Waals surface area contributed by atoms with E-state index in [1.165, 1.54) is 48.5 Å². The number of guanidine groups is 4. The molecule has 0 aliphatic carbocycles. The number of nitrogens with two attached hydrogens (primary N) is 9. The minimum atomic E-state index is -1.78. The highest BCUT2D eigenvalue weighted by Gasteiger charge is 2.42. The highest BCUT2D eigenvalue weighted by atomic mass is 32.1. The molecular formula is C89H140N32O19S2. The third-order valence-electron chi connectivity index (χ3n) is 22.7. The van der Waals surface area contributed by atoms with Gasteiger partial charge >= 0.3 is 18.0 Å². The Labute approximate surface area is 831 Å². The minimum absolute atomic E-state index is 0.00638. The fourth-order valence-corrected chi connectivity index (χ4v) is 15.7. The summed E-state index contributed by atoms with van der Waals surface area (Å²) >= 11 is 8.71. The molecule has 1 aliphatic rings. The number of hydrogen-bond acceptors (Lipinski definition) is 27. The Morgan fingerprint density at radius 2 is 0.704 bits per heavy atom. The third kappa shape index (κ3) is 44.8. The largest absolute Gasteiger partial charge is 0.508 e. The van der Waals surface area contributed by atoms with Crippen molar-refractivity contribution in [3.63, 3.8) is 0 Å². The van der Waals surface area contributed by atoms with Crippen LogP contribution in [0.5, 0.6) is 11.5 Å². The van der Waals surface area contributed by atoms with Gasteiger partial charge in [-0.15, -0.1) is 0 Å². The first-order chi connectivity index (χ1) is 67.6. The number of nitrogens with one attached hydrogen (secondary N) is 22. The summed E-state index contributed by atoms with van der Waals surface area (Å²) < 4.78 is 0. The van der Waals surface area contributed by atoms with Crippen molar-refractivity contribution < 1.29 is 92.0 Å². The molecule has 0 unspecified atom stereocenters. The van der Waals surface area contributed by atoms with Crippen molar-refractivity contribution in [2.45, 2.75) is 226 Å². The number of phenolic OH excluding ortho intramolecular Hbond substituents is 2. The molecule has 4 aromatic rings. The summed E-state index contributed by atoms with van der Waals surface area (Å²) in [5.74, 6) is -16.5. The highest BCUT2D eigenvalue weighted by molar-refractivity contribution is 7.80. The van der Waals surface area contributed by atoms with Gasteiger partial charge < -0.3 is 168 Å². The van der Waals surface area contributed by atoms with Gasteiger partial charge in [-0.25, -0.2) is 9.59 Å². The van der Waals surface area contributed by atoms with Gasteiger partial charge in [-0.05, 0) is 174 Å². The number of amides is 17. The molecule has 43 N–H and O–H groups in total. The minimum Gasteiger partial charge on any atom is -0.508 e. The van der Waals surface area contributed by atoms with Crippen molar-refractivity contribution in [2.75, 3.05) is 70.4 Å². The number of carbonyl (C=O) groups excluding carboxylic acids is 15. The van der Waals surface area contributed by atoms with E-state index in [1.54, 1.807) is 6.07 Å². The number of carbonyl (C=O) groups is 16. The first-order valence-corrected chi connectivity index (χ1v) is 47.8. The Morgan fingerprint density at radius 3 is 1.11 bits per heavy atom. The maximum Gasteiger partial charge on any atom is 0.312 e. The van der Waals surface area contributed by atoms with Gasteiger partial charge in [0.05, 0.1) is 6.04 Å². The summed E-state index contributed by atoms with van der Waals surface area (Å²) in [5, 5.41) is 110. The number of carboxylic acid groups (broad SMARTS) is 1. The molecule has 5 rings (SSSR count). The van der Waals surface area contributed by atoms with Gasteiger partial charge in [-0.1, -0.05) is 66.7 Å². The fourth-order valence-electron chi connectivity index (χ4n) is 15.2. The molecule has 0 bridgehead atoms. The predicted molar refractivity (Wildman–Crippen MR) is 534 cm³/mol. The number of benzene rings is 4. The van der Waals surface area contributed by atoms with Crippen LogP contribution in [0.1, 0.15) is 139 Å². The van der Waals surface area contributed by atoms with Crippen molar-refractivity contribution in [2.24, 2.45) is 51.6 Å². The second-order valence-corrected chi connectivity index (χ2v) is 34.7. The van der Waals surface area contributed by atoms with Crippen molar-refractivity contribution in [1.29, 1.82) is 21.6 Å². The molecule has 17 amide bonds. The average molecular weight is 2030 g/mol. The fraction of sp³-hybridized carbons (Fsp3) is 0.528. The molecule has 1 aliphatic heterocycles. The van der Waals surface area contributed by atoms with Crippen LogP contribution in [0.2, 0.25) is 0 Å². The molecule has 782 valence electrons. The van der Waals surface area contributed by atoms with E-state index in [9.17, 15) is 63.3 Å². The molecule has 0 aromatic heterocycles. The Bertz CT molecular complexity index is 4920. The summed E-state index contributed by atoms with van der Waals surface area (Å²) in [7, 11) is 0. The van der Waals surface area contributed by atoms with Crippen LogP contribution in [0, 0.1) is 21.6 Å². The molecule has 0 saturated carbocycles. The van der Waals surface area contributed by atoms with Crippen LogP contribution in [0.15, 0.2) is 91.0 Å². The van der Waals surface area contributed by atoms with Crippen LogP contribution in [-0.2, 0) is 86.4 Å². The molecule has 53 heteroatoms. The number of urea groups is 2. The van der Waals surface area contributed by atoms with Gasteiger partial charge in [-0.3, -0.25) is 88.8 Å². The van der Waals surface area contributed by atoms with Crippen LogP contribution < -0.4 is 147 Å². The molecule has 0 spiro atoms. The molecule has 1 heterocycles. The maximum absolute atomic E-state index is 15.2. The molecule has 14 atom stereocenters. The number of hydrogen-bond donors (Lipinski definition) is 36. The normalized spacial score (nSPS) is 14.8. The van der Waals surface area contributed by atoms with E-state index in [0.29, 0.717) is 42.5 Å². The average Bonchev–Trinajstić information content (AvgIpc) is 1.44. The number of fused-ring (bicyclic) bond motifs is 1. The molecule has 142 heavy (non-hydrogen) atoms. The lowest BCUT2D eigenvalue weighted by Gasteiger charge is -2.31. The number of thiol groups is 2. The third-order valence-corrected chi connectivity index (χ3v) is 23.4. The number of phenols is 2. The van der Waals surface area contributed by atoms with Gasteiger partial charge in [0.2, 0.25) is 76.8 Å². The first-order valence-electron chi connectivity index (χ1n) is 46.6. The van der Waals surface area contributed by atoms with Crippen LogP contribution in [0.4, 0.5) is 9.59 Å². The van der Waals surface area contributed by atoms with E-state index < -0.39 is 204 Å². The summed E-state index contributed by atoms with van der Waals surface area (Å²) in [6, 6.07) is 1.63. The highest BCUT2D eigenvalue weighted by Crippen LogP contribution is 2.24. The van der Waals surface area contributed by atoms with E-state index in [2.05, 4.69) is 121 Å². The van der Waals surface area contributed by atoms with Crippen molar-refractivity contribution in [1.82, 2.24) is 101 Å². The lowest BCUT2D eigenvalue weighted by molar-refractivity contribution is -0.143. The second-order valence-electron chi connectivity index (χ2n) is 34.0. The van der Waals surface area contributed by atoms with Gasteiger partial charge in [0.1, 0.15) is 84.0 Å². The Morgan fingerprint density at radius 1 is 0.373 bits per heavy atom. The van der Waals surface area contributed by atoms with Crippen molar-refractivity contribution in [3.8, 4) is 11.5 Å². The van der Waals surface area contributed by atoms with Gasteiger partial charge in [0, 0.05) is 95.6 Å². The summed E-state index contributed by atoms with van der Waals surface area (Å²) in [5.41, 5.74) is 51.9. The molecule has 51 nitrogen and oxygen atoms in total. The van der Waals surface area contributed by atoms with E-state index in [4.69, 9.17) is 73.2 Å². The number of aliphatic carboxylic acids is 1. The number of likely N-dealkylation sites (tertiary alicyclic amines) is 1. The molecular weight excluding hydrogens is 1890 g/mol. The molecule has 1 saturated heterocycles. The number of unbranched alkanes of at least 4 members (excludes halogenated alkanes) is 1. The van der Waals surface area contributed by atoms with Crippen molar-refractivity contribution >= 4 is 155 Å². The van der Waals surface area contributed by atoms with E-state index in [-0.39, 0.29) is 197 Å². The number of carboxylic acids is 1. The summed E-state index contributed by atoms with van der Waals surface area (Å²) in [4.78, 5) is 228. The monoisotopic (exact) mass is 2030 g/mol. The lowest BCUT2D eigenvalue weighted by atomic mass is 10.00. The van der Waals surface area contributed by atoms with Crippen molar-refractivity contribution in [3.05, 3.63) is 108 Å². The van der Waals surface area contributed by atoms with Crippen LogP contribution in [0.3, 0.4) is 0 Å². The number of primary amides is 3. The van der Waals surface area contributed by atoms with Gasteiger partial charge in [0.15, 0.2) is 23.8 Å². The summed E-state index contributed by atoms with van der Waals surface area (Å²) in [6.45, 7) is 0.362. The quantitative estimate of drug-likeness (QED) is 0.00845. The van der Waals surface area contributed by atoms with Gasteiger partial charge in [-0.2, -0.15) is 25.3 Å². The second kappa shape index (κ2) is 63.3. The van der Waals surface area contributed by atoms with E-state index in [0.717, 1.165) is 15.7 Å². The smallest absolute Gasteiger partial charge is 0.312 e. The predicted octanol–water partition coefficient (Wildman–Crippen LogP) is -6.82. The Balaban J connectivity index is 1.46. The van der Waals surface area contributed by atoms with Gasteiger partial charge in [0.25, 0.3) is 0 Å². The molecule has 1 fully saturated rings. The van der Waals surface area contributed by atoms with E-state index in [1.807, 2.05) is 36.4 Å². The molecule has 0 radical (unpaired) electrons. The number of aromatic hydroxyl groups is 2. The molecule has 4 aromatic carbocycles. The summed E-state index contributed by atoms with van der Waals surface area (Å²) in [6.07, 6.45) is -1.40. The maximum atomic E-state index is 15.2. The lowest BCUT2D eigenvalue weighted by Crippen LogP contribution is -2.61. The SMILES string of the molecule is N=C(N)NCCC[C@H](N)CN[C@@H](CCCNC(=N)N)C(=O)N[C@@H](Cc1ccc2ccccc2c1)C(=O)N[C@@H](CS)C(=O)N[C@@H](Cc1ccc(O)cc1)C(=O)N[C@@H](CCCNC(N)=O)C(=O)N[C@@H](CCCCN)C(=O)N[C@H](CCC(=O)O)C(=O)N1CCC[C@H]1C(=O)N[C@@H](Cc1ccc(O)cc1)C(=O)N[C@@H](CCCNC(=N)N)C(=O)N[C@@H](CCCNC(N)=O)C(=O)N[C@@H](CS)C(=O)N[C@@H](CCCNC(=N)N)C(N)=O. The zero-order valence-electron chi connectivity index (χ0n) is 79.0.